The molecule has 0 aliphatic carbocycles. The summed E-state index contributed by atoms with van der Waals surface area (Å²) >= 11 is 15.7. The van der Waals surface area contributed by atoms with Crippen LogP contribution < -0.4 is 5.32 Å². The first-order valence-corrected chi connectivity index (χ1v) is 4.12. The molecule has 5 heteroatoms. The first kappa shape index (κ1) is 9.58. The van der Waals surface area contributed by atoms with Gasteiger partial charge < -0.3 is 10.4 Å². The first-order chi connectivity index (χ1) is 5.65. The fraction of sp³-hybridized carbons (Fsp3) is 0. The van der Waals surface area contributed by atoms with Crippen molar-refractivity contribution in [2.75, 3.05) is 5.32 Å². The van der Waals surface area contributed by atoms with Crippen molar-refractivity contribution < 1.29 is 5.11 Å². The molecule has 0 unspecified atom stereocenters. The first-order valence-electron chi connectivity index (χ1n) is 2.96. The Morgan fingerprint density at radius 3 is 2.25 bits per heavy atom. The van der Waals surface area contributed by atoms with Crippen LogP contribution in [0.15, 0.2) is 12.1 Å². The summed E-state index contributed by atoms with van der Waals surface area (Å²) in [4.78, 5) is 0. The molecule has 0 fully saturated rings. The molecule has 0 atom stereocenters. The van der Waals surface area contributed by atoms with Crippen molar-refractivity contribution in [1.82, 2.24) is 0 Å². The average molecular weight is 221 g/mol. The van der Waals surface area contributed by atoms with Crippen molar-refractivity contribution in [3.05, 3.63) is 22.2 Å². The third-order valence-corrected chi connectivity index (χ3v) is 1.89. The maximum atomic E-state index is 9.16. The zero-order chi connectivity index (χ0) is 9.14. The molecular weight excluding hydrogens is 217 g/mol. The van der Waals surface area contributed by atoms with Crippen LogP contribution >= 0.6 is 35.4 Å². The second-order valence-corrected chi connectivity index (χ2v) is 3.03. The Bertz CT molecular complexity index is 293. The van der Waals surface area contributed by atoms with Gasteiger partial charge in [0.15, 0.2) is 5.75 Å². The average Bonchev–Trinajstić information content (AvgIpc) is 2.01. The van der Waals surface area contributed by atoms with E-state index in [4.69, 9.17) is 28.3 Å². The van der Waals surface area contributed by atoms with E-state index in [1.54, 1.807) is 0 Å². The van der Waals surface area contributed by atoms with Crippen molar-refractivity contribution in [3.8, 4) is 5.75 Å². The molecule has 0 saturated heterocycles. The molecule has 1 aromatic rings. The highest BCUT2D eigenvalue weighted by Gasteiger charge is 2.05. The predicted molar refractivity (Wildman–Crippen MR) is 54.3 cm³/mol. The monoisotopic (exact) mass is 220 g/mol. The van der Waals surface area contributed by atoms with Crippen LogP contribution in [0.1, 0.15) is 0 Å². The minimum atomic E-state index is -0.131. The van der Waals surface area contributed by atoms with Gasteiger partial charge >= 0.3 is 0 Å². The number of rotatable bonds is 2. The number of halogens is 2. The van der Waals surface area contributed by atoms with E-state index in [1.165, 1.54) is 12.1 Å². The maximum absolute atomic E-state index is 9.16. The number of nitrogens with one attached hydrogen (secondary N) is 1. The van der Waals surface area contributed by atoms with Crippen LogP contribution in [0.5, 0.6) is 5.75 Å². The topological polar surface area (TPSA) is 32.3 Å². The van der Waals surface area contributed by atoms with Gasteiger partial charge in [-0.25, -0.2) is 0 Å². The molecule has 12 heavy (non-hydrogen) atoms. The van der Waals surface area contributed by atoms with Crippen molar-refractivity contribution >= 4 is 46.6 Å². The number of aromatic hydroxyl groups is 1. The van der Waals surface area contributed by atoms with E-state index in [0.717, 1.165) is 0 Å². The summed E-state index contributed by atoms with van der Waals surface area (Å²) in [5.74, 6) is -0.131. The lowest BCUT2D eigenvalue weighted by atomic mass is 10.3. The minimum Gasteiger partial charge on any atom is -0.505 e. The van der Waals surface area contributed by atoms with Crippen LogP contribution in [0.4, 0.5) is 5.69 Å². The lowest BCUT2D eigenvalue weighted by Gasteiger charge is -2.03. The third kappa shape index (κ3) is 2.00. The number of benzene rings is 1. The van der Waals surface area contributed by atoms with E-state index in [2.05, 4.69) is 23.0 Å². The molecule has 63 valence electrons. The Labute approximate surface area is 85.1 Å². The minimum absolute atomic E-state index is 0.131. The SMILES string of the molecule is Oc1c(Cl)cc(N[C]=S)cc1Cl. The molecule has 2 N–H and O–H groups in total. The number of hydrogen-bond acceptors (Lipinski definition) is 2. The number of anilines is 1. The van der Waals surface area contributed by atoms with Crippen LogP contribution in [-0.4, -0.2) is 10.6 Å². The second kappa shape index (κ2) is 3.94. The molecule has 1 aromatic carbocycles. The quantitative estimate of drug-likeness (QED) is 0.457. The van der Waals surface area contributed by atoms with Gasteiger partial charge in [-0.05, 0) is 12.1 Å². The zero-order valence-electron chi connectivity index (χ0n) is 5.77. The van der Waals surface area contributed by atoms with Crippen molar-refractivity contribution in [1.29, 1.82) is 0 Å². The van der Waals surface area contributed by atoms with Crippen LogP contribution in [0.2, 0.25) is 10.0 Å². The van der Waals surface area contributed by atoms with Crippen LogP contribution in [0, 0.1) is 0 Å². The van der Waals surface area contributed by atoms with E-state index in [0.29, 0.717) is 5.69 Å². The standard InChI is InChI=1S/C7H4Cl2NOS/c8-5-1-4(10-3-12)2-6(9)7(5)11/h1-2,11H,(H,10,12). The highest BCUT2D eigenvalue weighted by molar-refractivity contribution is 7.79. The van der Waals surface area contributed by atoms with Gasteiger partial charge in [0.25, 0.3) is 0 Å². The molecule has 0 aliphatic rings. The van der Waals surface area contributed by atoms with E-state index in [-0.39, 0.29) is 15.8 Å². The van der Waals surface area contributed by atoms with Gasteiger partial charge in [0.2, 0.25) is 0 Å². The lowest BCUT2D eigenvalue weighted by molar-refractivity contribution is 0.476. The number of phenols is 1. The van der Waals surface area contributed by atoms with E-state index in [1.807, 2.05) is 0 Å². The van der Waals surface area contributed by atoms with Crippen LogP contribution in [0.3, 0.4) is 0 Å². The van der Waals surface area contributed by atoms with E-state index >= 15 is 0 Å². The van der Waals surface area contributed by atoms with Crippen molar-refractivity contribution in [2.45, 2.75) is 0 Å². The Morgan fingerprint density at radius 2 is 1.83 bits per heavy atom. The van der Waals surface area contributed by atoms with Gasteiger partial charge in [-0.3, -0.25) is 0 Å². The molecule has 1 radical (unpaired) electrons. The Kier molecular flexibility index (Phi) is 3.14. The number of phenolic OH excluding ortho intramolecular Hbond substituents is 1. The van der Waals surface area contributed by atoms with Gasteiger partial charge in [-0.15, -0.1) is 0 Å². The Balaban J connectivity index is 3.11. The largest absolute Gasteiger partial charge is 0.505 e. The number of thiocarbonyl (C=S) groups is 1. The van der Waals surface area contributed by atoms with Crippen LogP contribution in [-0.2, 0) is 0 Å². The molecule has 0 amide bonds. The molecule has 0 heterocycles. The summed E-state index contributed by atoms with van der Waals surface area (Å²) in [6, 6.07) is 3.00. The molecule has 0 spiro atoms. The Morgan fingerprint density at radius 1 is 1.33 bits per heavy atom. The summed E-state index contributed by atoms with van der Waals surface area (Å²) in [5, 5.41) is 12.1. The van der Waals surface area contributed by atoms with Gasteiger partial charge in [0, 0.05) is 5.69 Å². The predicted octanol–water partition coefficient (Wildman–Crippen LogP) is 2.95. The summed E-state index contributed by atoms with van der Waals surface area (Å²) in [7, 11) is 0. The second-order valence-electron chi connectivity index (χ2n) is 2.02. The molecule has 1 rings (SSSR count). The Hall–Kier alpha value is -0.510. The molecule has 0 aromatic heterocycles. The van der Waals surface area contributed by atoms with Gasteiger partial charge in [-0.1, -0.05) is 35.4 Å². The highest BCUT2D eigenvalue weighted by Crippen LogP contribution is 2.34. The van der Waals surface area contributed by atoms with Crippen LogP contribution in [0.25, 0.3) is 0 Å². The van der Waals surface area contributed by atoms with Gasteiger partial charge in [-0.2, -0.15) is 0 Å². The normalized spacial score (nSPS) is 9.50. The highest BCUT2D eigenvalue weighted by atomic mass is 35.5. The summed E-state index contributed by atoms with van der Waals surface area (Å²) in [5.41, 5.74) is 2.89. The van der Waals surface area contributed by atoms with Gasteiger partial charge in [0.1, 0.15) is 5.49 Å². The van der Waals surface area contributed by atoms with Crippen molar-refractivity contribution in [3.63, 3.8) is 0 Å². The van der Waals surface area contributed by atoms with E-state index in [9.17, 15) is 0 Å². The smallest absolute Gasteiger partial charge is 0.152 e. The van der Waals surface area contributed by atoms with E-state index < -0.39 is 0 Å². The molecular formula is C7H4Cl2NOS. The zero-order valence-corrected chi connectivity index (χ0v) is 8.09. The molecule has 0 bridgehead atoms. The fourth-order valence-corrected chi connectivity index (χ4v) is 1.30. The molecule has 2 nitrogen and oxygen atoms in total. The lowest BCUT2D eigenvalue weighted by Crippen LogP contribution is -1.91. The van der Waals surface area contributed by atoms with Gasteiger partial charge in [0.05, 0.1) is 10.0 Å². The maximum Gasteiger partial charge on any atom is 0.152 e. The summed E-state index contributed by atoms with van der Waals surface area (Å²) < 4.78 is 0. The third-order valence-electron chi connectivity index (χ3n) is 1.21. The summed E-state index contributed by atoms with van der Waals surface area (Å²) in [6.45, 7) is 0. The summed E-state index contributed by atoms with van der Waals surface area (Å²) in [6.07, 6.45) is 0. The fourth-order valence-electron chi connectivity index (χ4n) is 0.697. The molecule has 0 saturated carbocycles. The molecule has 0 aliphatic heterocycles. The van der Waals surface area contributed by atoms with Crippen molar-refractivity contribution in [2.24, 2.45) is 0 Å². The number of hydrogen-bond donors (Lipinski definition) is 2.